The third-order valence-electron chi connectivity index (χ3n) is 5.90. The van der Waals surface area contributed by atoms with Crippen LogP contribution in [-0.2, 0) is 42.1 Å². The Bertz CT molecular complexity index is 976. The lowest BCUT2D eigenvalue weighted by Crippen LogP contribution is -2.50. The standard InChI is InChI=1S/C21H29N5O3S/c1-2-6-16(20(28)24-11-8-17-15(13-24)9-12-30-17)22-19(27)14-26-21(29)25-10-5-3-4-7-18(25)23-26/h9,12,16H,2-8,10-11,13-14H2,1H3,(H,22,27). The van der Waals surface area contributed by atoms with Crippen LogP contribution in [0.3, 0.4) is 0 Å². The number of nitrogens with zero attached hydrogens (tertiary/aromatic N) is 4. The summed E-state index contributed by atoms with van der Waals surface area (Å²) in [5.74, 6) is 0.367. The van der Waals surface area contributed by atoms with Crippen LogP contribution in [0.5, 0.6) is 0 Å². The molecule has 2 aromatic heterocycles. The Hall–Kier alpha value is -2.42. The number of hydrogen-bond donors (Lipinski definition) is 1. The van der Waals surface area contributed by atoms with E-state index in [9.17, 15) is 14.4 Å². The first-order valence-electron chi connectivity index (χ1n) is 10.9. The Balaban J connectivity index is 1.41. The van der Waals surface area contributed by atoms with E-state index < -0.39 is 6.04 Å². The minimum absolute atomic E-state index is 0.0463. The van der Waals surface area contributed by atoms with Gasteiger partial charge in [-0.15, -0.1) is 11.3 Å². The molecule has 8 nitrogen and oxygen atoms in total. The Morgan fingerprint density at radius 1 is 1.23 bits per heavy atom. The normalized spacial score (nSPS) is 17.0. The fourth-order valence-electron chi connectivity index (χ4n) is 4.31. The van der Waals surface area contributed by atoms with Crippen molar-refractivity contribution in [2.45, 2.75) is 77.5 Å². The maximum Gasteiger partial charge on any atom is 0.346 e. The molecule has 4 rings (SSSR count). The van der Waals surface area contributed by atoms with Crippen molar-refractivity contribution in [3.63, 3.8) is 0 Å². The third kappa shape index (κ3) is 4.35. The minimum Gasteiger partial charge on any atom is -0.343 e. The number of carbonyl (C=O) groups excluding carboxylic acids is 2. The molecular weight excluding hydrogens is 402 g/mol. The van der Waals surface area contributed by atoms with Gasteiger partial charge in [0.25, 0.3) is 0 Å². The summed E-state index contributed by atoms with van der Waals surface area (Å²) >= 11 is 1.73. The summed E-state index contributed by atoms with van der Waals surface area (Å²) < 4.78 is 2.92. The number of thiophene rings is 1. The van der Waals surface area contributed by atoms with E-state index in [-0.39, 0.29) is 24.0 Å². The smallest absolute Gasteiger partial charge is 0.343 e. The van der Waals surface area contributed by atoms with Gasteiger partial charge in [0.2, 0.25) is 11.8 Å². The molecule has 4 heterocycles. The number of aromatic nitrogens is 3. The topological polar surface area (TPSA) is 89.2 Å². The highest BCUT2D eigenvalue weighted by molar-refractivity contribution is 7.10. The molecule has 1 atom stereocenters. The molecule has 2 aliphatic rings. The molecule has 162 valence electrons. The van der Waals surface area contributed by atoms with E-state index in [1.165, 1.54) is 15.1 Å². The van der Waals surface area contributed by atoms with E-state index in [2.05, 4.69) is 21.9 Å². The highest BCUT2D eigenvalue weighted by atomic mass is 32.1. The summed E-state index contributed by atoms with van der Waals surface area (Å²) in [5, 5.41) is 9.30. The lowest BCUT2D eigenvalue weighted by molar-refractivity contribution is -0.137. The Morgan fingerprint density at radius 2 is 2.10 bits per heavy atom. The monoisotopic (exact) mass is 431 g/mol. The molecule has 0 aliphatic carbocycles. The van der Waals surface area contributed by atoms with Crippen molar-refractivity contribution >= 4 is 23.2 Å². The Labute approximate surface area is 179 Å². The molecule has 2 aliphatic heterocycles. The maximum absolute atomic E-state index is 13.1. The van der Waals surface area contributed by atoms with Crippen LogP contribution in [0.2, 0.25) is 0 Å². The molecule has 0 fully saturated rings. The van der Waals surface area contributed by atoms with E-state index in [0.717, 1.165) is 44.3 Å². The summed E-state index contributed by atoms with van der Waals surface area (Å²) in [7, 11) is 0. The van der Waals surface area contributed by atoms with Crippen molar-refractivity contribution in [3.8, 4) is 0 Å². The molecule has 2 amide bonds. The van der Waals surface area contributed by atoms with Gasteiger partial charge in [-0.05, 0) is 42.7 Å². The van der Waals surface area contributed by atoms with Gasteiger partial charge in [-0.25, -0.2) is 9.48 Å². The summed E-state index contributed by atoms with van der Waals surface area (Å²) in [5.41, 5.74) is 0.966. The van der Waals surface area contributed by atoms with Gasteiger partial charge in [-0.2, -0.15) is 5.10 Å². The largest absolute Gasteiger partial charge is 0.346 e. The minimum atomic E-state index is -0.571. The molecule has 0 spiro atoms. The molecule has 1 unspecified atom stereocenters. The third-order valence-corrected chi connectivity index (χ3v) is 6.93. The zero-order valence-corrected chi connectivity index (χ0v) is 18.2. The van der Waals surface area contributed by atoms with Gasteiger partial charge < -0.3 is 10.2 Å². The van der Waals surface area contributed by atoms with Gasteiger partial charge >= 0.3 is 5.69 Å². The second-order valence-electron chi connectivity index (χ2n) is 8.11. The number of rotatable bonds is 6. The number of carbonyl (C=O) groups is 2. The predicted molar refractivity (Wildman–Crippen MR) is 114 cm³/mol. The van der Waals surface area contributed by atoms with E-state index >= 15 is 0 Å². The van der Waals surface area contributed by atoms with Crippen LogP contribution >= 0.6 is 11.3 Å². The van der Waals surface area contributed by atoms with Crippen LogP contribution < -0.4 is 11.0 Å². The molecule has 0 radical (unpaired) electrons. The zero-order chi connectivity index (χ0) is 21.1. The first kappa shape index (κ1) is 20.8. The average Bonchev–Trinajstić information content (AvgIpc) is 3.23. The molecular formula is C21H29N5O3S. The van der Waals surface area contributed by atoms with Gasteiger partial charge in [0.15, 0.2) is 0 Å². The summed E-state index contributed by atoms with van der Waals surface area (Å²) in [6.07, 6.45) is 6.05. The predicted octanol–water partition coefficient (Wildman–Crippen LogP) is 1.70. The first-order valence-corrected chi connectivity index (χ1v) is 11.7. The van der Waals surface area contributed by atoms with Gasteiger partial charge in [0.05, 0.1) is 0 Å². The van der Waals surface area contributed by atoms with E-state index in [1.807, 2.05) is 11.8 Å². The van der Waals surface area contributed by atoms with Crippen molar-refractivity contribution < 1.29 is 9.59 Å². The summed E-state index contributed by atoms with van der Waals surface area (Å²) in [4.78, 5) is 41.6. The molecule has 0 aromatic carbocycles. The van der Waals surface area contributed by atoms with Crippen molar-refractivity contribution in [1.29, 1.82) is 0 Å². The average molecular weight is 432 g/mol. The molecule has 1 N–H and O–H groups in total. The van der Waals surface area contributed by atoms with E-state index in [1.54, 1.807) is 15.9 Å². The van der Waals surface area contributed by atoms with Crippen LogP contribution in [0, 0.1) is 0 Å². The number of amides is 2. The second kappa shape index (κ2) is 9.16. The van der Waals surface area contributed by atoms with Gasteiger partial charge in [-0.3, -0.25) is 14.2 Å². The van der Waals surface area contributed by atoms with Crippen LogP contribution in [0.25, 0.3) is 0 Å². The van der Waals surface area contributed by atoms with Crippen molar-refractivity contribution in [2.24, 2.45) is 0 Å². The fourth-order valence-corrected chi connectivity index (χ4v) is 5.20. The molecule has 30 heavy (non-hydrogen) atoms. The van der Waals surface area contributed by atoms with Crippen LogP contribution in [0.15, 0.2) is 16.2 Å². The number of aryl methyl sites for hydroxylation is 1. The highest BCUT2D eigenvalue weighted by Gasteiger charge is 2.29. The molecule has 0 bridgehead atoms. The van der Waals surface area contributed by atoms with Crippen molar-refractivity contribution in [1.82, 2.24) is 24.6 Å². The number of fused-ring (bicyclic) bond motifs is 2. The lowest BCUT2D eigenvalue weighted by atomic mass is 10.1. The Kier molecular flexibility index (Phi) is 6.36. The van der Waals surface area contributed by atoms with Gasteiger partial charge in [0, 0.05) is 30.9 Å². The fraction of sp³-hybridized carbons (Fsp3) is 0.619. The second-order valence-corrected chi connectivity index (χ2v) is 9.11. The maximum atomic E-state index is 13.1. The van der Waals surface area contributed by atoms with Crippen molar-refractivity contribution in [2.75, 3.05) is 6.54 Å². The lowest BCUT2D eigenvalue weighted by Gasteiger charge is -2.30. The summed E-state index contributed by atoms with van der Waals surface area (Å²) in [6.45, 7) is 3.78. The number of hydrogen-bond acceptors (Lipinski definition) is 5. The molecule has 2 aromatic rings. The highest BCUT2D eigenvalue weighted by Crippen LogP contribution is 2.24. The Morgan fingerprint density at radius 3 is 2.93 bits per heavy atom. The molecule has 0 saturated carbocycles. The van der Waals surface area contributed by atoms with Crippen LogP contribution in [-0.4, -0.2) is 43.6 Å². The van der Waals surface area contributed by atoms with Gasteiger partial charge in [0.1, 0.15) is 18.4 Å². The quantitative estimate of drug-likeness (QED) is 0.754. The molecule has 0 saturated heterocycles. The first-order chi connectivity index (χ1) is 14.6. The molecule has 9 heteroatoms. The van der Waals surface area contributed by atoms with E-state index in [0.29, 0.717) is 26.1 Å². The van der Waals surface area contributed by atoms with Gasteiger partial charge in [-0.1, -0.05) is 19.8 Å². The van der Waals surface area contributed by atoms with E-state index in [4.69, 9.17) is 0 Å². The van der Waals surface area contributed by atoms with Crippen LogP contribution in [0.1, 0.15) is 55.3 Å². The summed E-state index contributed by atoms with van der Waals surface area (Å²) in [6, 6.07) is 1.50. The van der Waals surface area contributed by atoms with Crippen LogP contribution in [0.4, 0.5) is 0 Å². The SMILES string of the molecule is CCCC(NC(=O)Cn1nc2n(c1=O)CCCCC2)C(=O)N1CCc2sccc2C1. The zero-order valence-electron chi connectivity index (χ0n) is 17.4. The van der Waals surface area contributed by atoms with Crippen molar-refractivity contribution in [3.05, 3.63) is 38.2 Å². The number of nitrogens with one attached hydrogen (secondary N) is 1.